The van der Waals surface area contributed by atoms with Gasteiger partial charge in [-0.1, -0.05) is 6.07 Å². The average Bonchev–Trinajstić information content (AvgIpc) is 2.87. The van der Waals surface area contributed by atoms with Gasteiger partial charge < -0.3 is 29.2 Å². The number of ether oxygens (including phenoxy) is 4. The number of methoxy groups -OCH3 is 2. The van der Waals surface area contributed by atoms with Crippen LogP contribution in [-0.2, 0) is 14.3 Å². The van der Waals surface area contributed by atoms with Gasteiger partial charge in [-0.05, 0) is 42.0 Å². The zero-order valence-corrected chi connectivity index (χ0v) is 19.4. The number of benzene rings is 2. The van der Waals surface area contributed by atoms with Crippen molar-refractivity contribution in [2.45, 2.75) is 0 Å². The summed E-state index contributed by atoms with van der Waals surface area (Å²) in [5.74, 6) is 1.44. The number of carbonyl (C=O) groups excluding carboxylic acids is 2. The third kappa shape index (κ3) is 5.67. The Morgan fingerprint density at radius 1 is 1.06 bits per heavy atom. The van der Waals surface area contributed by atoms with E-state index in [0.29, 0.717) is 48.4 Å². The molecule has 9 heteroatoms. The van der Waals surface area contributed by atoms with Crippen LogP contribution < -0.4 is 24.4 Å². The van der Waals surface area contributed by atoms with E-state index in [4.69, 9.17) is 18.9 Å². The van der Waals surface area contributed by atoms with Crippen molar-refractivity contribution in [3.05, 3.63) is 48.0 Å². The summed E-state index contributed by atoms with van der Waals surface area (Å²) in [5, 5.41) is 2.85. The molecule has 0 aromatic heterocycles. The minimum atomic E-state index is -0.294. The number of carbonyl (C=O) groups is 2. The Hall–Kier alpha value is -3.56. The Kier molecular flexibility index (Phi) is 7.66. The maximum Gasteiger partial charge on any atom is 0.265 e. The smallest absolute Gasteiger partial charge is 0.265 e. The molecule has 0 atom stereocenters. The Morgan fingerprint density at radius 3 is 2.62 bits per heavy atom. The second kappa shape index (κ2) is 11.0. The zero-order valence-electron chi connectivity index (χ0n) is 19.4. The molecular weight excluding hydrogens is 438 g/mol. The lowest BCUT2D eigenvalue weighted by Crippen LogP contribution is -2.45. The molecule has 2 aliphatic rings. The summed E-state index contributed by atoms with van der Waals surface area (Å²) in [7, 11) is 3.13. The summed E-state index contributed by atoms with van der Waals surface area (Å²) in [6.45, 7) is 4.43. The van der Waals surface area contributed by atoms with Crippen molar-refractivity contribution >= 4 is 29.3 Å². The molecule has 9 nitrogen and oxygen atoms in total. The fourth-order valence-electron chi connectivity index (χ4n) is 3.90. The Bertz CT molecular complexity index is 1060. The van der Waals surface area contributed by atoms with Crippen molar-refractivity contribution in [2.75, 3.05) is 70.4 Å². The number of nitrogens with zero attached hydrogens (tertiary/aromatic N) is 2. The highest BCUT2D eigenvalue weighted by molar-refractivity contribution is 6.03. The summed E-state index contributed by atoms with van der Waals surface area (Å²) in [4.78, 5) is 29.1. The van der Waals surface area contributed by atoms with E-state index in [9.17, 15) is 9.59 Å². The van der Waals surface area contributed by atoms with Crippen molar-refractivity contribution in [1.29, 1.82) is 0 Å². The maximum atomic E-state index is 12.6. The number of nitrogens with one attached hydrogen (secondary N) is 1. The van der Waals surface area contributed by atoms with Crippen LogP contribution in [0.2, 0.25) is 0 Å². The molecule has 1 fully saturated rings. The molecule has 180 valence electrons. The van der Waals surface area contributed by atoms with Gasteiger partial charge in [0, 0.05) is 37.9 Å². The van der Waals surface area contributed by atoms with Crippen molar-refractivity contribution in [3.63, 3.8) is 0 Å². The van der Waals surface area contributed by atoms with Gasteiger partial charge in [-0.3, -0.25) is 14.5 Å². The summed E-state index contributed by atoms with van der Waals surface area (Å²) in [6.07, 6.45) is 3.13. The summed E-state index contributed by atoms with van der Waals surface area (Å²) in [5.41, 5.74) is 2.04. The van der Waals surface area contributed by atoms with Crippen LogP contribution in [0.15, 0.2) is 42.5 Å². The highest BCUT2D eigenvalue weighted by atomic mass is 16.5. The molecule has 0 aliphatic carbocycles. The van der Waals surface area contributed by atoms with E-state index in [1.165, 1.54) is 6.08 Å². The second-order valence-corrected chi connectivity index (χ2v) is 7.91. The van der Waals surface area contributed by atoms with E-state index >= 15 is 0 Å². The highest BCUT2D eigenvalue weighted by Crippen LogP contribution is 2.34. The minimum absolute atomic E-state index is 0.00980. The van der Waals surface area contributed by atoms with E-state index in [-0.39, 0.29) is 18.4 Å². The van der Waals surface area contributed by atoms with Gasteiger partial charge in [0.2, 0.25) is 5.91 Å². The highest BCUT2D eigenvalue weighted by Gasteiger charge is 2.26. The monoisotopic (exact) mass is 467 g/mol. The van der Waals surface area contributed by atoms with Crippen LogP contribution in [0, 0.1) is 0 Å². The van der Waals surface area contributed by atoms with Crippen LogP contribution in [0.4, 0.5) is 11.4 Å². The fraction of sp³-hybridized carbons (Fsp3) is 0.360. The lowest BCUT2D eigenvalue weighted by atomic mass is 10.1. The number of rotatable bonds is 8. The van der Waals surface area contributed by atoms with Crippen molar-refractivity contribution < 1.29 is 28.5 Å². The molecule has 0 saturated carbocycles. The molecule has 2 aromatic rings. The Morgan fingerprint density at radius 2 is 1.85 bits per heavy atom. The molecular formula is C25H29N3O6. The quantitative estimate of drug-likeness (QED) is 0.597. The second-order valence-electron chi connectivity index (χ2n) is 7.91. The first-order valence-electron chi connectivity index (χ1n) is 11.2. The molecule has 2 aliphatic heterocycles. The predicted molar refractivity (Wildman–Crippen MR) is 129 cm³/mol. The van der Waals surface area contributed by atoms with Gasteiger partial charge >= 0.3 is 0 Å². The molecule has 0 unspecified atom stereocenters. The number of anilines is 2. The number of morpholine rings is 1. The molecule has 1 N–H and O–H groups in total. The number of hydrogen-bond acceptors (Lipinski definition) is 7. The van der Waals surface area contributed by atoms with Crippen molar-refractivity contribution in [3.8, 4) is 17.2 Å². The lowest BCUT2D eigenvalue weighted by molar-refractivity contribution is -0.121. The summed E-state index contributed by atoms with van der Waals surface area (Å²) < 4.78 is 21.5. The third-order valence-electron chi connectivity index (χ3n) is 5.75. The molecule has 2 amide bonds. The topological polar surface area (TPSA) is 89.6 Å². The van der Waals surface area contributed by atoms with E-state index in [1.807, 2.05) is 6.07 Å². The van der Waals surface area contributed by atoms with Crippen molar-refractivity contribution in [2.24, 2.45) is 0 Å². The van der Waals surface area contributed by atoms with Gasteiger partial charge in [0.05, 0.1) is 33.1 Å². The van der Waals surface area contributed by atoms with Crippen LogP contribution in [-0.4, -0.2) is 76.9 Å². The fourth-order valence-corrected chi connectivity index (χ4v) is 3.90. The van der Waals surface area contributed by atoms with E-state index in [2.05, 4.69) is 10.2 Å². The van der Waals surface area contributed by atoms with Crippen LogP contribution in [0.25, 0.3) is 6.08 Å². The number of hydrogen-bond donors (Lipinski definition) is 1. The minimum Gasteiger partial charge on any atom is -0.493 e. The van der Waals surface area contributed by atoms with E-state index < -0.39 is 0 Å². The molecule has 0 bridgehead atoms. The van der Waals surface area contributed by atoms with Crippen LogP contribution in [0.3, 0.4) is 0 Å². The number of amides is 2. The normalized spacial score (nSPS) is 16.2. The van der Waals surface area contributed by atoms with Crippen LogP contribution in [0.5, 0.6) is 17.2 Å². The van der Waals surface area contributed by atoms with Gasteiger partial charge in [-0.2, -0.15) is 0 Å². The van der Waals surface area contributed by atoms with E-state index in [0.717, 1.165) is 25.2 Å². The van der Waals surface area contributed by atoms with Crippen LogP contribution >= 0.6 is 0 Å². The Balaban J connectivity index is 1.43. The largest absolute Gasteiger partial charge is 0.493 e. The van der Waals surface area contributed by atoms with Gasteiger partial charge in [-0.15, -0.1) is 0 Å². The molecule has 0 spiro atoms. The first-order chi connectivity index (χ1) is 16.6. The van der Waals surface area contributed by atoms with Gasteiger partial charge in [-0.25, -0.2) is 0 Å². The first kappa shape index (κ1) is 23.6. The number of fused-ring (bicyclic) bond motifs is 1. The third-order valence-corrected chi connectivity index (χ3v) is 5.75. The molecule has 1 saturated heterocycles. The lowest BCUT2D eigenvalue weighted by Gasteiger charge is -2.33. The first-order valence-corrected chi connectivity index (χ1v) is 11.2. The van der Waals surface area contributed by atoms with Gasteiger partial charge in [0.15, 0.2) is 18.1 Å². The molecule has 34 heavy (non-hydrogen) atoms. The van der Waals surface area contributed by atoms with Crippen LogP contribution in [0.1, 0.15) is 5.56 Å². The zero-order chi connectivity index (χ0) is 23.9. The molecule has 4 rings (SSSR count). The van der Waals surface area contributed by atoms with Gasteiger partial charge in [0.1, 0.15) is 5.75 Å². The van der Waals surface area contributed by atoms with Gasteiger partial charge in [0.25, 0.3) is 5.91 Å². The van der Waals surface area contributed by atoms with E-state index in [1.54, 1.807) is 55.5 Å². The maximum absolute atomic E-state index is 12.6. The SMILES string of the molecule is COc1ccc(/C=C/C(=O)Nc2ccc3c(c2)N(CCN2CCOCC2)C(=O)CO3)cc1OC. The molecule has 2 aromatic carbocycles. The average molecular weight is 468 g/mol. The van der Waals surface area contributed by atoms with Crippen molar-refractivity contribution in [1.82, 2.24) is 4.90 Å². The standard InChI is InChI=1S/C25H29N3O6/c1-31-22-6-3-18(15-23(22)32-2)4-8-24(29)26-19-5-7-21-20(16-19)28(25(30)17-34-21)10-9-27-11-13-33-14-12-27/h3-8,15-16H,9-14,17H2,1-2H3,(H,26,29)/b8-4+. The summed E-state index contributed by atoms with van der Waals surface area (Å²) in [6, 6.07) is 10.7. The molecule has 0 radical (unpaired) electrons. The Labute approximate surface area is 198 Å². The summed E-state index contributed by atoms with van der Waals surface area (Å²) >= 11 is 0. The predicted octanol–water partition coefficient (Wildman–Crippen LogP) is 2.41. The molecule has 2 heterocycles.